The van der Waals surface area contributed by atoms with Gasteiger partial charge < -0.3 is 14.7 Å². The first-order chi connectivity index (χ1) is 11.2. The molecule has 2 aromatic heterocycles. The van der Waals surface area contributed by atoms with Gasteiger partial charge in [0.2, 0.25) is 0 Å². The van der Waals surface area contributed by atoms with E-state index in [0.29, 0.717) is 17.8 Å². The Bertz CT molecular complexity index is 760. The lowest BCUT2D eigenvalue weighted by Gasteiger charge is -2.19. The molecule has 5 heteroatoms. The smallest absolute Gasteiger partial charge is 0.355 e. The summed E-state index contributed by atoms with van der Waals surface area (Å²) in [4.78, 5) is 29.8. The predicted molar refractivity (Wildman–Crippen MR) is 93.8 cm³/mol. The molecule has 2 heterocycles. The van der Waals surface area contributed by atoms with Crippen molar-refractivity contribution >= 4 is 12.3 Å². The number of carbonyl (C=O) groups is 2. The summed E-state index contributed by atoms with van der Waals surface area (Å²) in [6.45, 7) is 11.5. The summed E-state index contributed by atoms with van der Waals surface area (Å²) in [5.74, 6) is -0.329. The highest BCUT2D eigenvalue weighted by atomic mass is 16.6. The van der Waals surface area contributed by atoms with Gasteiger partial charge in [0.05, 0.1) is 5.69 Å². The van der Waals surface area contributed by atoms with Gasteiger partial charge in [-0.3, -0.25) is 4.79 Å². The lowest BCUT2D eigenvalue weighted by atomic mass is 10.1. The van der Waals surface area contributed by atoms with Gasteiger partial charge in [-0.2, -0.15) is 0 Å². The molecular formula is C19H26N2O3. The van der Waals surface area contributed by atoms with E-state index in [9.17, 15) is 9.59 Å². The zero-order valence-electron chi connectivity index (χ0n) is 15.3. The van der Waals surface area contributed by atoms with E-state index in [2.05, 4.69) is 9.97 Å². The highest BCUT2D eigenvalue weighted by molar-refractivity contribution is 5.90. The zero-order valence-corrected chi connectivity index (χ0v) is 15.3. The number of aromatic nitrogens is 2. The van der Waals surface area contributed by atoms with Crippen LogP contribution in [-0.2, 0) is 17.6 Å². The summed E-state index contributed by atoms with van der Waals surface area (Å²) >= 11 is 0. The molecule has 2 rings (SSSR count). The van der Waals surface area contributed by atoms with Crippen LogP contribution in [0, 0.1) is 13.8 Å². The Morgan fingerprint density at radius 3 is 2.42 bits per heavy atom. The fourth-order valence-electron chi connectivity index (χ4n) is 2.87. The van der Waals surface area contributed by atoms with Crippen molar-refractivity contribution in [2.45, 2.75) is 60.0 Å². The Hall–Kier alpha value is -2.30. The molecule has 0 bridgehead atoms. The minimum Gasteiger partial charge on any atom is -0.455 e. The van der Waals surface area contributed by atoms with Crippen LogP contribution in [0.15, 0.2) is 6.07 Å². The molecule has 0 unspecified atom stereocenters. The molecule has 0 aliphatic rings. The summed E-state index contributed by atoms with van der Waals surface area (Å²) in [6.07, 6.45) is 2.18. The number of hydrogen-bond acceptors (Lipinski definition) is 3. The maximum Gasteiger partial charge on any atom is 0.355 e. The molecule has 130 valence electrons. The maximum absolute atomic E-state index is 12.5. The highest BCUT2D eigenvalue weighted by Crippen LogP contribution is 2.24. The molecule has 24 heavy (non-hydrogen) atoms. The van der Waals surface area contributed by atoms with Crippen LogP contribution in [0.3, 0.4) is 0 Å². The fourth-order valence-corrected chi connectivity index (χ4v) is 2.87. The van der Waals surface area contributed by atoms with Crippen molar-refractivity contribution in [3.8, 4) is 0 Å². The number of esters is 1. The molecule has 0 saturated heterocycles. The Balaban J connectivity index is 2.34. The summed E-state index contributed by atoms with van der Waals surface area (Å²) < 4.78 is 5.50. The summed E-state index contributed by atoms with van der Waals surface area (Å²) in [5, 5.41) is 0. The van der Waals surface area contributed by atoms with Gasteiger partial charge in [-0.25, -0.2) is 4.79 Å². The first kappa shape index (κ1) is 18.0. The van der Waals surface area contributed by atoms with E-state index >= 15 is 0 Å². The van der Waals surface area contributed by atoms with Crippen LogP contribution < -0.4 is 0 Å². The number of aryl methyl sites for hydroxylation is 1. The average molecular weight is 330 g/mol. The van der Waals surface area contributed by atoms with Crippen LogP contribution in [0.25, 0.3) is 0 Å². The van der Waals surface area contributed by atoms with Crippen LogP contribution in [0.4, 0.5) is 0 Å². The van der Waals surface area contributed by atoms with E-state index in [1.165, 1.54) is 0 Å². The number of H-pyrrole nitrogens is 2. The largest absolute Gasteiger partial charge is 0.455 e. The lowest BCUT2D eigenvalue weighted by molar-refractivity contribution is 0.00621. The van der Waals surface area contributed by atoms with Crippen molar-refractivity contribution in [3.63, 3.8) is 0 Å². The monoisotopic (exact) mass is 330 g/mol. The predicted octanol–water partition coefficient (Wildman–Crippen LogP) is 3.88. The lowest BCUT2D eigenvalue weighted by Crippen LogP contribution is -2.24. The molecule has 0 spiro atoms. The SMILES string of the molecule is CCc1c(C(=O)OC(C)(C)C)[nH]c(Cc2cc(C)c(C=O)[nH]2)c1C. The second-order valence-electron chi connectivity index (χ2n) is 7.12. The van der Waals surface area contributed by atoms with E-state index in [-0.39, 0.29) is 5.97 Å². The Labute approximate surface area is 142 Å². The van der Waals surface area contributed by atoms with E-state index in [0.717, 1.165) is 40.8 Å². The van der Waals surface area contributed by atoms with Gasteiger partial charge in [0, 0.05) is 17.8 Å². The molecule has 0 aliphatic carbocycles. The first-order valence-corrected chi connectivity index (χ1v) is 8.23. The molecule has 2 N–H and O–H groups in total. The first-order valence-electron chi connectivity index (χ1n) is 8.23. The van der Waals surface area contributed by atoms with Crippen LogP contribution in [-0.4, -0.2) is 27.8 Å². The number of nitrogens with one attached hydrogen (secondary N) is 2. The number of hydrogen-bond donors (Lipinski definition) is 2. The van der Waals surface area contributed by atoms with Crippen molar-refractivity contribution < 1.29 is 14.3 Å². The van der Waals surface area contributed by atoms with Gasteiger partial charge in [-0.15, -0.1) is 0 Å². The van der Waals surface area contributed by atoms with Gasteiger partial charge in [0.15, 0.2) is 6.29 Å². The van der Waals surface area contributed by atoms with Crippen molar-refractivity contribution in [2.75, 3.05) is 0 Å². The Morgan fingerprint density at radius 2 is 1.92 bits per heavy atom. The number of aldehydes is 1. The molecule has 2 aromatic rings. The van der Waals surface area contributed by atoms with Crippen LogP contribution >= 0.6 is 0 Å². The van der Waals surface area contributed by atoms with E-state index in [1.807, 2.05) is 47.6 Å². The van der Waals surface area contributed by atoms with Gasteiger partial charge >= 0.3 is 5.97 Å². The molecule has 0 saturated carbocycles. The number of carbonyl (C=O) groups excluding carboxylic acids is 2. The average Bonchev–Trinajstić information content (AvgIpc) is 2.98. The topological polar surface area (TPSA) is 75.0 Å². The fraction of sp³-hybridized carbons (Fsp3) is 0.474. The minimum absolute atomic E-state index is 0.329. The molecule has 0 amide bonds. The second kappa shape index (κ2) is 6.67. The van der Waals surface area contributed by atoms with Gasteiger partial charge in [0.1, 0.15) is 11.3 Å². The van der Waals surface area contributed by atoms with Crippen LogP contribution in [0.1, 0.15) is 76.8 Å². The summed E-state index contributed by atoms with van der Waals surface area (Å²) in [7, 11) is 0. The molecule has 0 radical (unpaired) electrons. The van der Waals surface area contributed by atoms with Crippen LogP contribution in [0.5, 0.6) is 0 Å². The molecule has 0 atom stereocenters. The number of aromatic amines is 2. The molecule has 0 aliphatic heterocycles. The van der Waals surface area contributed by atoms with Gasteiger partial charge in [-0.05, 0) is 63.8 Å². The Morgan fingerprint density at radius 1 is 1.25 bits per heavy atom. The normalized spacial score (nSPS) is 11.6. The zero-order chi connectivity index (χ0) is 18.1. The van der Waals surface area contributed by atoms with Gasteiger partial charge in [0.25, 0.3) is 0 Å². The van der Waals surface area contributed by atoms with E-state index in [4.69, 9.17) is 4.74 Å². The van der Waals surface area contributed by atoms with Crippen LogP contribution in [0.2, 0.25) is 0 Å². The third-order valence-corrected chi connectivity index (χ3v) is 4.04. The number of rotatable bonds is 5. The minimum atomic E-state index is -0.531. The van der Waals surface area contributed by atoms with E-state index < -0.39 is 5.60 Å². The third-order valence-electron chi connectivity index (χ3n) is 4.04. The highest BCUT2D eigenvalue weighted by Gasteiger charge is 2.24. The summed E-state index contributed by atoms with van der Waals surface area (Å²) in [6, 6.07) is 1.96. The molecule has 0 aromatic carbocycles. The van der Waals surface area contributed by atoms with Gasteiger partial charge in [-0.1, -0.05) is 6.92 Å². The summed E-state index contributed by atoms with van der Waals surface area (Å²) in [5.41, 5.74) is 5.47. The second-order valence-corrected chi connectivity index (χ2v) is 7.12. The maximum atomic E-state index is 12.5. The Kier molecular flexibility index (Phi) is 5.02. The molecule has 5 nitrogen and oxygen atoms in total. The van der Waals surface area contributed by atoms with Crippen molar-refractivity contribution in [2.24, 2.45) is 0 Å². The molecule has 0 fully saturated rings. The standard InChI is InChI=1S/C19H26N2O3/c1-7-14-12(3)15(9-13-8-11(2)16(10-22)20-13)21-17(14)18(23)24-19(4,5)6/h8,10,20-21H,7,9H2,1-6H3. The van der Waals surface area contributed by atoms with Crippen molar-refractivity contribution in [1.82, 2.24) is 9.97 Å². The quantitative estimate of drug-likeness (QED) is 0.645. The third kappa shape index (κ3) is 3.78. The number of ether oxygens (including phenoxy) is 1. The molecular weight excluding hydrogens is 304 g/mol. The van der Waals surface area contributed by atoms with Crippen molar-refractivity contribution in [3.05, 3.63) is 45.5 Å². The van der Waals surface area contributed by atoms with E-state index in [1.54, 1.807) is 0 Å². The van der Waals surface area contributed by atoms with Crippen molar-refractivity contribution in [1.29, 1.82) is 0 Å².